The molecule has 0 bridgehead atoms. The molecule has 0 atom stereocenters. The summed E-state index contributed by atoms with van der Waals surface area (Å²) in [7, 11) is 0. The zero-order valence-electron chi connectivity index (χ0n) is 17.2. The van der Waals surface area contributed by atoms with Gasteiger partial charge in [-0.05, 0) is 54.4 Å². The van der Waals surface area contributed by atoms with Crippen LogP contribution in [-0.2, 0) is 6.54 Å². The SMILES string of the molecule is Cc1ccc(C(=O)Nc2ncn(Cc3ccc(Br)cc3)n2)cc1NC(=O)c1ccccc1. The second-order valence-corrected chi connectivity index (χ2v) is 8.11. The van der Waals surface area contributed by atoms with Gasteiger partial charge in [-0.15, -0.1) is 5.10 Å². The van der Waals surface area contributed by atoms with Crippen molar-refractivity contribution in [1.82, 2.24) is 14.8 Å². The first-order chi connectivity index (χ1) is 15.5. The molecule has 0 saturated carbocycles. The van der Waals surface area contributed by atoms with Crippen molar-refractivity contribution < 1.29 is 9.59 Å². The average Bonchev–Trinajstić information content (AvgIpc) is 3.24. The molecule has 4 rings (SSSR count). The van der Waals surface area contributed by atoms with Crippen LogP contribution in [0.15, 0.2) is 83.6 Å². The number of carbonyl (C=O) groups excluding carboxylic acids is 2. The molecule has 8 heteroatoms. The van der Waals surface area contributed by atoms with E-state index in [1.807, 2.05) is 37.3 Å². The van der Waals surface area contributed by atoms with Crippen LogP contribution in [0.5, 0.6) is 0 Å². The lowest BCUT2D eigenvalue weighted by atomic mass is 10.1. The topological polar surface area (TPSA) is 88.9 Å². The van der Waals surface area contributed by atoms with E-state index in [1.54, 1.807) is 53.5 Å². The molecule has 0 aliphatic rings. The summed E-state index contributed by atoms with van der Waals surface area (Å²) in [4.78, 5) is 29.4. The maximum atomic E-state index is 12.7. The normalized spacial score (nSPS) is 10.6. The number of amides is 2. The van der Waals surface area contributed by atoms with Crippen molar-refractivity contribution in [3.8, 4) is 0 Å². The first-order valence-electron chi connectivity index (χ1n) is 9.90. The fourth-order valence-corrected chi connectivity index (χ4v) is 3.32. The van der Waals surface area contributed by atoms with Crippen molar-refractivity contribution in [2.75, 3.05) is 10.6 Å². The third-order valence-electron chi connectivity index (χ3n) is 4.80. The molecular weight excluding hydrogens is 470 g/mol. The van der Waals surface area contributed by atoms with Crippen molar-refractivity contribution in [3.63, 3.8) is 0 Å². The molecule has 7 nitrogen and oxygen atoms in total. The Morgan fingerprint density at radius 1 is 0.906 bits per heavy atom. The van der Waals surface area contributed by atoms with Gasteiger partial charge >= 0.3 is 0 Å². The van der Waals surface area contributed by atoms with E-state index in [0.717, 1.165) is 15.6 Å². The Bertz CT molecular complexity index is 1250. The summed E-state index contributed by atoms with van der Waals surface area (Å²) in [6.45, 7) is 2.41. The molecule has 2 amide bonds. The Morgan fingerprint density at radius 3 is 2.38 bits per heavy atom. The molecule has 32 heavy (non-hydrogen) atoms. The second-order valence-electron chi connectivity index (χ2n) is 7.20. The standard InChI is InChI=1S/C24H20BrN5O2/c1-16-7-10-19(13-21(16)27-22(31)18-5-3-2-4-6-18)23(32)28-24-26-15-30(29-24)14-17-8-11-20(25)12-9-17/h2-13,15H,14H2,1H3,(H,27,31)(H,28,29,32). The van der Waals surface area contributed by atoms with Crippen LogP contribution in [0.4, 0.5) is 11.6 Å². The highest BCUT2D eigenvalue weighted by Crippen LogP contribution is 2.19. The fraction of sp³-hybridized carbons (Fsp3) is 0.0833. The zero-order valence-corrected chi connectivity index (χ0v) is 18.8. The maximum Gasteiger partial charge on any atom is 0.258 e. The largest absolute Gasteiger partial charge is 0.322 e. The summed E-state index contributed by atoms with van der Waals surface area (Å²) >= 11 is 3.41. The molecule has 2 N–H and O–H groups in total. The van der Waals surface area contributed by atoms with Crippen LogP contribution >= 0.6 is 15.9 Å². The van der Waals surface area contributed by atoms with Crippen molar-refractivity contribution in [1.29, 1.82) is 0 Å². The van der Waals surface area contributed by atoms with E-state index in [1.165, 1.54) is 0 Å². The second kappa shape index (κ2) is 9.57. The van der Waals surface area contributed by atoms with E-state index in [0.29, 0.717) is 23.4 Å². The van der Waals surface area contributed by atoms with Crippen LogP contribution in [0.2, 0.25) is 0 Å². The van der Waals surface area contributed by atoms with Gasteiger partial charge in [-0.3, -0.25) is 14.9 Å². The summed E-state index contributed by atoms with van der Waals surface area (Å²) in [5.41, 5.74) is 3.42. The number of benzene rings is 3. The highest BCUT2D eigenvalue weighted by atomic mass is 79.9. The van der Waals surface area contributed by atoms with Gasteiger partial charge in [-0.25, -0.2) is 9.67 Å². The van der Waals surface area contributed by atoms with Gasteiger partial charge in [0.05, 0.1) is 6.54 Å². The van der Waals surface area contributed by atoms with Gasteiger partial charge < -0.3 is 5.32 Å². The lowest BCUT2D eigenvalue weighted by Gasteiger charge is -2.10. The first-order valence-corrected chi connectivity index (χ1v) is 10.7. The minimum Gasteiger partial charge on any atom is -0.322 e. The van der Waals surface area contributed by atoms with Crippen molar-refractivity contribution in [2.45, 2.75) is 13.5 Å². The number of halogens is 1. The van der Waals surface area contributed by atoms with E-state index in [9.17, 15) is 9.59 Å². The summed E-state index contributed by atoms with van der Waals surface area (Å²) in [5.74, 6) is -0.385. The lowest BCUT2D eigenvalue weighted by molar-refractivity contribution is 0.101. The molecule has 0 aliphatic carbocycles. The molecule has 1 aromatic heterocycles. The van der Waals surface area contributed by atoms with E-state index < -0.39 is 0 Å². The Kier molecular flexibility index (Phi) is 6.42. The molecule has 3 aromatic carbocycles. The van der Waals surface area contributed by atoms with Crippen LogP contribution in [-0.4, -0.2) is 26.6 Å². The molecule has 4 aromatic rings. The lowest BCUT2D eigenvalue weighted by Crippen LogP contribution is -2.16. The van der Waals surface area contributed by atoms with Gasteiger partial charge in [-0.2, -0.15) is 0 Å². The Morgan fingerprint density at radius 2 is 1.62 bits per heavy atom. The summed E-state index contributed by atoms with van der Waals surface area (Å²) in [6.07, 6.45) is 1.57. The van der Waals surface area contributed by atoms with Crippen LogP contribution in [0.25, 0.3) is 0 Å². The Balaban J connectivity index is 1.43. The minimum atomic E-state index is -0.360. The monoisotopic (exact) mass is 489 g/mol. The molecule has 0 aliphatic heterocycles. The Labute approximate surface area is 193 Å². The fourth-order valence-electron chi connectivity index (χ4n) is 3.06. The third kappa shape index (κ3) is 5.28. The summed E-state index contributed by atoms with van der Waals surface area (Å²) < 4.78 is 2.66. The number of hydrogen-bond donors (Lipinski definition) is 2. The number of hydrogen-bond acceptors (Lipinski definition) is 4. The average molecular weight is 490 g/mol. The first kappa shape index (κ1) is 21.5. The minimum absolute atomic E-state index is 0.211. The predicted octanol–water partition coefficient (Wildman–Crippen LogP) is 4.90. The van der Waals surface area contributed by atoms with Crippen molar-refractivity contribution in [3.05, 3.63) is 106 Å². The number of nitrogens with one attached hydrogen (secondary N) is 2. The smallest absolute Gasteiger partial charge is 0.258 e. The summed E-state index contributed by atoms with van der Waals surface area (Å²) in [5, 5.41) is 9.88. The van der Waals surface area contributed by atoms with Crippen molar-refractivity contribution in [2.24, 2.45) is 0 Å². The van der Waals surface area contributed by atoms with Gasteiger partial charge in [0.25, 0.3) is 11.8 Å². The number of nitrogens with zero attached hydrogens (tertiary/aromatic N) is 3. The number of anilines is 2. The number of aromatic nitrogens is 3. The highest BCUT2D eigenvalue weighted by molar-refractivity contribution is 9.10. The predicted molar refractivity (Wildman–Crippen MR) is 127 cm³/mol. The Hall–Kier alpha value is -3.78. The molecule has 0 unspecified atom stereocenters. The van der Waals surface area contributed by atoms with E-state index in [4.69, 9.17) is 0 Å². The molecule has 0 fully saturated rings. The van der Waals surface area contributed by atoms with Crippen molar-refractivity contribution >= 4 is 39.4 Å². The van der Waals surface area contributed by atoms with Crippen LogP contribution < -0.4 is 10.6 Å². The van der Waals surface area contributed by atoms with Crippen LogP contribution in [0.1, 0.15) is 31.8 Å². The van der Waals surface area contributed by atoms with Gasteiger partial charge in [0.2, 0.25) is 5.95 Å². The quantitative estimate of drug-likeness (QED) is 0.403. The van der Waals surface area contributed by atoms with E-state index >= 15 is 0 Å². The van der Waals surface area contributed by atoms with E-state index in [2.05, 4.69) is 36.6 Å². The molecule has 0 spiro atoms. The van der Waals surface area contributed by atoms with Gasteiger partial charge in [0.1, 0.15) is 6.33 Å². The third-order valence-corrected chi connectivity index (χ3v) is 5.33. The highest BCUT2D eigenvalue weighted by Gasteiger charge is 2.13. The summed E-state index contributed by atoms with van der Waals surface area (Å²) in [6, 6.07) is 21.9. The van der Waals surface area contributed by atoms with Gasteiger partial charge in [0, 0.05) is 21.3 Å². The number of carbonyl (C=O) groups is 2. The number of rotatable bonds is 6. The van der Waals surface area contributed by atoms with Gasteiger partial charge in [-0.1, -0.05) is 52.3 Å². The molecular formula is C24H20BrN5O2. The molecule has 0 radical (unpaired) electrons. The van der Waals surface area contributed by atoms with E-state index in [-0.39, 0.29) is 17.8 Å². The molecule has 160 valence electrons. The zero-order chi connectivity index (χ0) is 22.5. The van der Waals surface area contributed by atoms with Crippen LogP contribution in [0.3, 0.4) is 0 Å². The van der Waals surface area contributed by atoms with Gasteiger partial charge in [0.15, 0.2) is 0 Å². The molecule has 1 heterocycles. The number of aryl methyl sites for hydroxylation is 1. The van der Waals surface area contributed by atoms with Crippen LogP contribution in [0, 0.1) is 6.92 Å². The maximum absolute atomic E-state index is 12.7. The molecule has 0 saturated heterocycles.